The summed E-state index contributed by atoms with van der Waals surface area (Å²) in [5.74, 6) is 1.05. The van der Waals surface area contributed by atoms with Gasteiger partial charge in [0, 0.05) is 33.0 Å². The average Bonchev–Trinajstić information content (AvgIpc) is 2.96. The van der Waals surface area contributed by atoms with E-state index in [1.54, 1.807) is 6.92 Å². The van der Waals surface area contributed by atoms with E-state index in [-0.39, 0.29) is 1.43 Å². The zero-order valence-electron chi connectivity index (χ0n) is 11.0. The molecular formula is C12H21N5O2. The van der Waals surface area contributed by atoms with Crippen molar-refractivity contribution in [1.82, 2.24) is 20.5 Å². The fourth-order valence-corrected chi connectivity index (χ4v) is 1.90. The number of H-pyrrole nitrogens is 1. The number of pyridine rings is 1. The van der Waals surface area contributed by atoms with Crippen LogP contribution in [0.2, 0.25) is 0 Å². The molecule has 3 N–H and O–H groups in total. The Kier molecular flexibility index (Phi) is 5.08. The lowest BCUT2D eigenvalue weighted by Gasteiger charge is -2.28. The second kappa shape index (κ2) is 7.03. The number of hydrogen-bond acceptors (Lipinski definition) is 6. The molecule has 0 bridgehead atoms. The molecule has 1 aliphatic rings. The second-order valence-electron chi connectivity index (χ2n) is 4.15. The third kappa shape index (κ3) is 3.63. The Bertz CT molecular complexity index is 499. The maximum Gasteiger partial charge on any atom is 0.129 e. The predicted octanol–water partition coefficient (Wildman–Crippen LogP) is 1.11. The number of hydrogen-bond donors (Lipinski definition) is 3. The summed E-state index contributed by atoms with van der Waals surface area (Å²) in [5, 5.41) is 18.7. The van der Waals surface area contributed by atoms with Crippen LogP contribution in [0.3, 0.4) is 0 Å². The zero-order chi connectivity index (χ0) is 13.5. The summed E-state index contributed by atoms with van der Waals surface area (Å²) in [4.78, 5) is 10.3. The Morgan fingerprint density at radius 3 is 2.84 bits per heavy atom. The largest absolute Gasteiger partial charge is 0.354 e. The summed E-state index contributed by atoms with van der Waals surface area (Å²) in [7, 11) is 0. The maximum atomic E-state index is 7.38. The van der Waals surface area contributed by atoms with Gasteiger partial charge in [0.05, 0.1) is 24.5 Å². The smallest absolute Gasteiger partial charge is 0.129 e. The van der Waals surface area contributed by atoms with E-state index in [0.717, 1.165) is 42.9 Å². The van der Waals surface area contributed by atoms with Crippen molar-refractivity contribution in [2.24, 2.45) is 0 Å². The highest BCUT2D eigenvalue weighted by atomic mass is 17.1. The summed E-state index contributed by atoms with van der Waals surface area (Å²) in [6.45, 7) is 6.20. The molecule has 0 radical (unpaired) electrons. The lowest BCUT2D eigenvalue weighted by atomic mass is 10.3. The molecule has 0 spiro atoms. The van der Waals surface area contributed by atoms with Crippen LogP contribution in [0.15, 0.2) is 18.5 Å². The van der Waals surface area contributed by atoms with Gasteiger partial charge in [-0.15, -0.1) is 0 Å². The van der Waals surface area contributed by atoms with Gasteiger partial charge in [0.1, 0.15) is 5.82 Å². The third-order valence-electron chi connectivity index (χ3n) is 2.88. The number of piperazine rings is 1. The van der Waals surface area contributed by atoms with Crippen LogP contribution in [-0.2, 0) is 4.89 Å². The van der Waals surface area contributed by atoms with Crippen LogP contribution >= 0.6 is 0 Å². The minimum Gasteiger partial charge on any atom is -0.354 e. The first-order valence-electron chi connectivity index (χ1n) is 6.36. The molecule has 2 aromatic rings. The molecule has 1 fully saturated rings. The summed E-state index contributed by atoms with van der Waals surface area (Å²) in [5.41, 5.74) is 0.994. The molecule has 0 amide bonds. The summed E-state index contributed by atoms with van der Waals surface area (Å²) >= 11 is 0. The normalized spacial score (nSPS) is 15.2. The molecule has 7 heteroatoms. The molecule has 0 saturated carbocycles. The van der Waals surface area contributed by atoms with E-state index in [1.165, 1.54) is 0 Å². The Balaban J connectivity index is 0.000000359. The van der Waals surface area contributed by atoms with Crippen molar-refractivity contribution in [3.63, 3.8) is 0 Å². The molecule has 1 saturated heterocycles. The van der Waals surface area contributed by atoms with Crippen molar-refractivity contribution in [3.8, 4) is 0 Å². The van der Waals surface area contributed by atoms with E-state index < -0.39 is 0 Å². The highest BCUT2D eigenvalue weighted by Crippen LogP contribution is 2.17. The molecule has 7 nitrogen and oxygen atoms in total. The van der Waals surface area contributed by atoms with Crippen molar-refractivity contribution in [2.45, 2.75) is 6.92 Å². The quantitative estimate of drug-likeness (QED) is 0.558. The molecule has 0 aliphatic carbocycles. The van der Waals surface area contributed by atoms with Crippen molar-refractivity contribution in [3.05, 3.63) is 18.5 Å². The summed E-state index contributed by atoms with van der Waals surface area (Å²) < 4.78 is 0. The SMILES string of the molecule is CCOO.[HH].c1n[nH]c2cnc(N3CCNCC3)cc12. The molecule has 2 aromatic heterocycles. The zero-order valence-corrected chi connectivity index (χ0v) is 11.0. The van der Waals surface area contributed by atoms with Crippen molar-refractivity contribution in [1.29, 1.82) is 0 Å². The lowest BCUT2D eigenvalue weighted by Crippen LogP contribution is -2.43. The first-order chi connectivity index (χ1) is 9.35. The lowest BCUT2D eigenvalue weighted by molar-refractivity contribution is -0.237. The minimum absolute atomic E-state index is 0. The standard InChI is InChI=1S/C10H13N5.C2H6O2.H2/c1-3-15(4-2-11-1)10-5-8-6-13-14-9(8)7-12-10;1-2-4-3;/h5-7,11H,1-4H2,(H,13,14);3H,2H2,1H3;1H. The molecule has 1 aliphatic heterocycles. The molecule has 0 atom stereocenters. The molecule has 106 valence electrons. The molecule has 19 heavy (non-hydrogen) atoms. The first-order valence-corrected chi connectivity index (χ1v) is 6.36. The highest BCUT2D eigenvalue weighted by molar-refractivity contribution is 5.79. The van der Waals surface area contributed by atoms with Gasteiger partial charge in [-0.25, -0.2) is 9.87 Å². The Morgan fingerprint density at radius 1 is 1.42 bits per heavy atom. The number of aromatic amines is 1. The van der Waals surface area contributed by atoms with E-state index in [2.05, 4.69) is 36.4 Å². The monoisotopic (exact) mass is 267 g/mol. The number of aromatic nitrogens is 3. The van der Waals surface area contributed by atoms with Crippen LogP contribution in [0.1, 0.15) is 8.35 Å². The van der Waals surface area contributed by atoms with Crippen molar-refractivity contribution in [2.75, 3.05) is 37.7 Å². The number of nitrogens with one attached hydrogen (secondary N) is 2. The second-order valence-corrected chi connectivity index (χ2v) is 4.15. The van der Waals surface area contributed by atoms with Crippen LogP contribution in [-0.4, -0.2) is 53.2 Å². The molecule has 0 aromatic carbocycles. The van der Waals surface area contributed by atoms with Crippen LogP contribution in [0.25, 0.3) is 10.9 Å². The van der Waals surface area contributed by atoms with Gasteiger partial charge in [-0.3, -0.25) is 10.4 Å². The number of anilines is 1. The van der Waals surface area contributed by atoms with Gasteiger partial charge in [0.15, 0.2) is 0 Å². The van der Waals surface area contributed by atoms with E-state index in [0.29, 0.717) is 6.61 Å². The van der Waals surface area contributed by atoms with Crippen LogP contribution in [0.5, 0.6) is 0 Å². The molecule has 3 heterocycles. The maximum absolute atomic E-state index is 7.38. The van der Waals surface area contributed by atoms with Crippen LogP contribution < -0.4 is 10.2 Å². The van der Waals surface area contributed by atoms with E-state index in [9.17, 15) is 0 Å². The summed E-state index contributed by atoms with van der Waals surface area (Å²) in [6.07, 6.45) is 3.68. The van der Waals surface area contributed by atoms with Gasteiger partial charge in [0.2, 0.25) is 0 Å². The van der Waals surface area contributed by atoms with Crippen molar-refractivity contribution >= 4 is 16.7 Å². The minimum atomic E-state index is 0. The van der Waals surface area contributed by atoms with Gasteiger partial charge in [-0.1, -0.05) is 0 Å². The fourth-order valence-electron chi connectivity index (χ4n) is 1.90. The number of rotatable bonds is 2. The van der Waals surface area contributed by atoms with Gasteiger partial charge in [0.25, 0.3) is 0 Å². The number of fused-ring (bicyclic) bond motifs is 1. The summed E-state index contributed by atoms with van der Waals surface area (Å²) in [6, 6.07) is 2.09. The fraction of sp³-hybridized carbons (Fsp3) is 0.500. The first kappa shape index (κ1) is 13.7. The number of nitrogens with zero attached hydrogens (tertiary/aromatic N) is 3. The molecular weight excluding hydrogens is 246 g/mol. The average molecular weight is 267 g/mol. The van der Waals surface area contributed by atoms with E-state index in [4.69, 9.17) is 5.26 Å². The Labute approximate surface area is 113 Å². The van der Waals surface area contributed by atoms with Crippen LogP contribution in [0.4, 0.5) is 5.82 Å². The van der Waals surface area contributed by atoms with Gasteiger partial charge < -0.3 is 10.2 Å². The highest BCUT2D eigenvalue weighted by Gasteiger charge is 2.11. The Morgan fingerprint density at radius 2 is 2.16 bits per heavy atom. The van der Waals surface area contributed by atoms with Gasteiger partial charge in [-0.2, -0.15) is 5.10 Å². The van der Waals surface area contributed by atoms with Gasteiger partial charge >= 0.3 is 0 Å². The topological polar surface area (TPSA) is 86.3 Å². The molecule has 0 unspecified atom stereocenters. The Hall–Kier alpha value is -1.70. The van der Waals surface area contributed by atoms with Crippen LogP contribution in [0, 0.1) is 0 Å². The third-order valence-corrected chi connectivity index (χ3v) is 2.88. The van der Waals surface area contributed by atoms with Gasteiger partial charge in [-0.05, 0) is 13.0 Å². The van der Waals surface area contributed by atoms with E-state index >= 15 is 0 Å². The van der Waals surface area contributed by atoms with Crippen molar-refractivity contribution < 1.29 is 11.6 Å². The van der Waals surface area contributed by atoms with E-state index in [1.807, 2.05) is 12.4 Å². The predicted molar refractivity (Wildman–Crippen MR) is 75.3 cm³/mol. The molecule has 3 rings (SSSR count).